The molecule has 0 radical (unpaired) electrons. The van der Waals surface area contributed by atoms with Crippen LogP contribution in [0, 0.1) is 19.3 Å². The van der Waals surface area contributed by atoms with Crippen LogP contribution in [0.4, 0.5) is 0 Å². The second-order valence-electron chi connectivity index (χ2n) is 7.81. The number of hydrogen-bond acceptors (Lipinski definition) is 4. The largest absolute Gasteiger partial charge is 0.361 e. The molecule has 152 valence electrons. The number of piperidine rings is 1. The van der Waals surface area contributed by atoms with Crippen molar-refractivity contribution in [1.82, 2.24) is 20.7 Å². The highest BCUT2D eigenvalue weighted by Crippen LogP contribution is 2.36. The van der Waals surface area contributed by atoms with E-state index < -0.39 is 0 Å². The number of halogens is 1. The Bertz CT molecular complexity index is 670. The average Bonchev–Trinajstić information content (AvgIpc) is 3.13. The molecule has 0 aliphatic carbocycles. The molecule has 2 unspecified atom stereocenters. The van der Waals surface area contributed by atoms with Crippen LogP contribution in [0.2, 0.25) is 0 Å². The van der Waals surface area contributed by atoms with Gasteiger partial charge in [-0.2, -0.15) is 0 Å². The first-order valence-electron chi connectivity index (χ1n) is 9.67. The van der Waals surface area contributed by atoms with Crippen molar-refractivity contribution in [2.45, 2.75) is 52.9 Å². The summed E-state index contributed by atoms with van der Waals surface area (Å²) < 4.78 is 5.30. The minimum absolute atomic E-state index is 0. The quantitative estimate of drug-likeness (QED) is 0.386. The highest BCUT2D eigenvalue weighted by atomic mass is 127. The van der Waals surface area contributed by atoms with Crippen molar-refractivity contribution in [2.24, 2.45) is 10.4 Å². The number of likely N-dealkylation sites (tertiary alicyclic amines) is 1. The number of aromatic nitrogens is 1. The van der Waals surface area contributed by atoms with E-state index in [-0.39, 0.29) is 41.2 Å². The van der Waals surface area contributed by atoms with Crippen molar-refractivity contribution in [3.63, 3.8) is 0 Å². The molecule has 27 heavy (non-hydrogen) atoms. The maximum Gasteiger partial charge on any atom is 0.220 e. The fourth-order valence-corrected chi connectivity index (χ4v) is 4.36. The predicted molar refractivity (Wildman–Crippen MR) is 117 cm³/mol. The molecule has 0 bridgehead atoms. The minimum atomic E-state index is 0. The van der Waals surface area contributed by atoms with Gasteiger partial charge in [-0.15, -0.1) is 24.0 Å². The lowest BCUT2D eigenvalue weighted by Crippen LogP contribution is -2.51. The van der Waals surface area contributed by atoms with Gasteiger partial charge in [0.25, 0.3) is 0 Å². The number of carbonyl (C=O) groups is 1. The first-order chi connectivity index (χ1) is 12.4. The van der Waals surface area contributed by atoms with Gasteiger partial charge >= 0.3 is 0 Å². The van der Waals surface area contributed by atoms with E-state index in [1.54, 1.807) is 0 Å². The molecule has 2 aliphatic heterocycles. The van der Waals surface area contributed by atoms with Gasteiger partial charge in [-0.05, 0) is 33.6 Å². The van der Waals surface area contributed by atoms with E-state index in [0.717, 1.165) is 62.0 Å². The fraction of sp³-hybridized carbons (Fsp3) is 0.737. The van der Waals surface area contributed by atoms with E-state index in [4.69, 9.17) is 9.52 Å². The summed E-state index contributed by atoms with van der Waals surface area (Å²) >= 11 is 0. The Morgan fingerprint density at radius 2 is 2.26 bits per heavy atom. The van der Waals surface area contributed by atoms with Crippen LogP contribution in [0.25, 0.3) is 0 Å². The summed E-state index contributed by atoms with van der Waals surface area (Å²) in [5, 5.41) is 10.5. The number of carbonyl (C=O) groups excluding carboxylic acids is 1. The summed E-state index contributed by atoms with van der Waals surface area (Å²) in [7, 11) is 0. The van der Waals surface area contributed by atoms with Crippen molar-refractivity contribution >= 4 is 35.8 Å². The van der Waals surface area contributed by atoms with Crippen molar-refractivity contribution < 1.29 is 9.32 Å². The van der Waals surface area contributed by atoms with Gasteiger partial charge in [0.1, 0.15) is 5.76 Å². The van der Waals surface area contributed by atoms with E-state index in [9.17, 15) is 4.79 Å². The molecule has 2 N–H and O–H groups in total. The summed E-state index contributed by atoms with van der Waals surface area (Å²) in [4.78, 5) is 19.0. The Labute approximate surface area is 178 Å². The maximum atomic E-state index is 11.7. The van der Waals surface area contributed by atoms with Crippen LogP contribution in [-0.4, -0.2) is 54.6 Å². The van der Waals surface area contributed by atoms with Gasteiger partial charge in [-0.1, -0.05) is 12.1 Å². The molecular formula is C19H32IN5O2. The Morgan fingerprint density at radius 1 is 1.48 bits per heavy atom. The van der Waals surface area contributed by atoms with Crippen molar-refractivity contribution in [2.75, 3.05) is 32.7 Å². The Balaban J connectivity index is 0.00000261. The van der Waals surface area contributed by atoms with Crippen LogP contribution in [0.15, 0.2) is 9.52 Å². The Morgan fingerprint density at radius 3 is 2.85 bits per heavy atom. The van der Waals surface area contributed by atoms with Crippen LogP contribution in [-0.2, 0) is 4.79 Å². The molecular weight excluding hydrogens is 457 g/mol. The van der Waals surface area contributed by atoms with E-state index in [1.165, 1.54) is 0 Å². The van der Waals surface area contributed by atoms with Crippen molar-refractivity contribution in [1.29, 1.82) is 0 Å². The summed E-state index contributed by atoms with van der Waals surface area (Å²) in [6.45, 7) is 12.4. The lowest BCUT2D eigenvalue weighted by atomic mass is 9.79. The smallest absolute Gasteiger partial charge is 0.220 e. The minimum Gasteiger partial charge on any atom is -0.361 e. The lowest BCUT2D eigenvalue weighted by molar-refractivity contribution is -0.119. The molecule has 8 heteroatoms. The topological polar surface area (TPSA) is 82.8 Å². The molecule has 2 aliphatic rings. The molecule has 2 fully saturated rings. The van der Waals surface area contributed by atoms with Gasteiger partial charge in [0.2, 0.25) is 5.91 Å². The number of nitrogens with one attached hydrogen (secondary N) is 2. The standard InChI is InChI=1S/C19H31N5O2.HI/c1-5-20-18(21-10-13(2)17-14(3)23-26-15(17)4)24-8-6-7-19(12-24)9-16(25)22-11-19;/h13H,5-12H2,1-4H3,(H,20,21)(H,22,25);1H. The lowest BCUT2D eigenvalue weighted by Gasteiger charge is -2.40. The van der Waals surface area contributed by atoms with Crippen LogP contribution < -0.4 is 10.6 Å². The zero-order chi connectivity index (χ0) is 18.7. The molecule has 1 spiro atoms. The van der Waals surface area contributed by atoms with E-state index in [1.807, 2.05) is 13.8 Å². The number of nitrogens with zero attached hydrogens (tertiary/aromatic N) is 3. The van der Waals surface area contributed by atoms with Crippen LogP contribution in [0.5, 0.6) is 0 Å². The molecule has 7 nitrogen and oxygen atoms in total. The molecule has 3 heterocycles. The van der Waals surface area contributed by atoms with Gasteiger partial charge in [0, 0.05) is 56.0 Å². The second-order valence-corrected chi connectivity index (χ2v) is 7.81. The Kier molecular flexibility index (Phi) is 7.53. The molecule has 0 saturated carbocycles. The molecule has 0 aromatic carbocycles. The van der Waals surface area contributed by atoms with Crippen LogP contribution in [0.3, 0.4) is 0 Å². The van der Waals surface area contributed by atoms with Gasteiger partial charge < -0.3 is 20.1 Å². The van der Waals surface area contributed by atoms with Gasteiger partial charge in [-0.25, -0.2) is 0 Å². The van der Waals surface area contributed by atoms with Crippen molar-refractivity contribution in [3.8, 4) is 0 Å². The third-order valence-corrected chi connectivity index (χ3v) is 5.59. The van der Waals surface area contributed by atoms with E-state index >= 15 is 0 Å². The predicted octanol–water partition coefficient (Wildman–Crippen LogP) is 2.58. The van der Waals surface area contributed by atoms with Crippen LogP contribution >= 0.6 is 24.0 Å². The second kappa shape index (κ2) is 9.25. The third kappa shape index (κ3) is 4.94. The highest BCUT2D eigenvalue weighted by molar-refractivity contribution is 14.0. The molecule has 3 rings (SSSR count). The van der Waals surface area contributed by atoms with Gasteiger partial charge in [-0.3, -0.25) is 9.79 Å². The monoisotopic (exact) mass is 489 g/mol. The third-order valence-electron chi connectivity index (χ3n) is 5.59. The molecule has 1 amide bonds. The number of rotatable bonds is 4. The van der Waals surface area contributed by atoms with Gasteiger partial charge in [0.05, 0.1) is 5.69 Å². The van der Waals surface area contributed by atoms with Crippen molar-refractivity contribution in [3.05, 3.63) is 17.0 Å². The number of aliphatic imine (C=N–C) groups is 1. The van der Waals surface area contributed by atoms with Crippen LogP contribution in [0.1, 0.15) is 56.0 Å². The first kappa shape index (κ1) is 22.0. The normalized spacial score (nSPS) is 23.9. The highest BCUT2D eigenvalue weighted by Gasteiger charge is 2.42. The number of guanidine groups is 1. The van der Waals surface area contributed by atoms with Gasteiger partial charge in [0.15, 0.2) is 5.96 Å². The number of aryl methyl sites for hydroxylation is 2. The molecule has 1 aromatic rings. The number of hydrogen-bond donors (Lipinski definition) is 2. The summed E-state index contributed by atoms with van der Waals surface area (Å²) in [5.74, 6) is 2.26. The SMILES string of the molecule is CCNC(=NCC(C)c1c(C)noc1C)N1CCCC2(CNC(=O)C2)C1.I. The average molecular weight is 489 g/mol. The first-order valence-corrected chi connectivity index (χ1v) is 9.67. The molecule has 2 atom stereocenters. The zero-order valence-electron chi connectivity index (χ0n) is 16.8. The fourth-order valence-electron chi connectivity index (χ4n) is 4.36. The van der Waals surface area contributed by atoms with E-state index in [2.05, 4.69) is 34.5 Å². The molecule has 2 saturated heterocycles. The Hall–Kier alpha value is -1.32. The number of amides is 1. The van der Waals surface area contributed by atoms with E-state index in [0.29, 0.717) is 13.0 Å². The summed E-state index contributed by atoms with van der Waals surface area (Å²) in [6, 6.07) is 0. The summed E-state index contributed by atoms with van der Waals surface area (Å²) in [5.41, 5.74) is 2.17. The molecule has 1 aromatic heterocycles. The maximum absolute atomic E-state index is 11.7. The zero-order valence-corrected chi connectivity index (χ0v) is 19.1. The summed E-state index contributed by atoms with van der Waals surface area (Å²) in [6.07, 6.45) is 2.84.